The van der Waals surface area contributed by atoms with E-state index in [9.17, 15) is 22.4 Å². The van der Waals surface area contributed by atoms with Crippen LogP contribution in [0.4, 0.5) is 23.2 Å². The minimum absolute atomic E-state index is 0.0408. The zero-order chi connectivity index (χ0) is 20.3. The first-order valence-corrected chi connectivity index (χ1v) is 8.80. The summed E-state index contributed by atoms with van der Waals surface area (Å²) in [4.78, 5) is 15.5. The van der Waals surface area contributed by atoms with Crippen LogP contribution < -0.4 is 14.8 Å². The summed E-state index contributed by atoms with van der Waals surface area (Å²) in [6, 6.07) is 8.37. The quantitative estimate of drug-likeness (QED) is 0.582. The third kappa shape index (κ3) is 5.32. The maximum Gasteiger partial charge on any atom is 0.422 e. The lowest BCUT2D eigenvalue weighted by Crippen LogP contribution is -2.20. The maximum absolute atomic E-state index is 13.2. The minimum atomic E-state index is -4.53. The Labute approximate surface area is 160 Å². The molecule has 0 spiro atoms. The summed E-state index contributed by atoms with van der Waals surface area (Å²) < 4.78 is 61.7. The molecule has 0 fully saturated rings. The van der Waals surface area contributed by atoms with Gasteiger partial charge in [0.25, 0.3) is 0 Å². The van der Waals surface area contributed by atoms with Gasteiger partial charge in [-0.05, 0) is 24.3 Å². The van der Waals surface area contributed by atoms with E-state index in [4.69, 9.17) is 9.47 Å². The molecule has 3 aromatic rings. The predicted molar refractivity (Wildman–Crippen MR) is 96.2 cm³/mol. The average molecular weight is 414 g/mol. The van der Waals surface area contributed by atoms with E-state index in [1.54, 1.807) is 6.07 Å². The Morgan fingerprint density at radius 2 is 1.96 bits per heavy atom. The Balaban J connectivity index is 1.75. The molecule has 10 heteroatoms. The van der Waals surface area contributed by atoms with Crippen molar-refractivity contribution >= 4 is 33.1 Å². The Kier molecular flexibility index (Phi) is 5.68. The van der Waals surface area contributed by atoms with Crippen molar-refractivity contribution in [3.8, 4) is 11.5 Å². The first-order valence-electron chi connectivity index (χ1n) is 7.98. The lowest BCUT2D eigenvalue weighted by Gasteiger charge is -2.15. The zero-order valence-corrected chi connectivity index (χ0v) is 15.3. The largest absolute Gasteiger partial charge is 0.486 e. The number of rotatable bonds is 6. The standard InChI is InChI=1S/C18H14F4N2O3S/c1-10(25)23-13-4-3-12(7-15(13)27-9-18(20,21)22)26-8-17-24-14-6-11(19)2-5-16(14)28-17/h2-7H,8-9H2,1H3,(H,23,25). The smallest absolute Gasteiger partial charge is 0.422 e. The number of aromatic nitrogens is 1. The highest BCUT2D eigenvalue weighted by molar-refractivity contribution is 7.18. The van der Waals surface area contributed by atoms with Gasteiger partial charge in [0.05, 0.1) is 15.9 Å². The molecule has 0 aliphatic heterocycles. The van der Waals surface area contributed by atoms with Crippen molar-refractivity contribution in [2.45, 2.75) is 19.7 Å². The topological polar surface area (TPSA) is 60.5 Å². The van der Waals surface area contributed by atoms with Gasteiger partial charge in [-0.3, -0.25) is 4.79 Å². The number of halogens is 4. The van der Waals surface area contributed by atoms with Crippen molar-refractivity contribution in [3.05, 3.63) is 47.2 Å². The molecular formula is C18H14F4N2O3S. The van der Waals surface area contributed by atoms with E-state index >= 15 is 0 Å². The Morgan fingerprint density at radius 1 is 1.18 bits per heavy atom. The van der Waals surface area contributed by atoms with Crippen LogP contribution in [0, 0.1) is 5.82 Å². The van der Waals surface area contributed by atoms with E-state index in [2.05, 4.69) is 10.3 Å². The van der Waals surface area contributed by atoms with Crippen LogP contribution in [0.15, 0.2) is 36.4 Å². The van der Waals surface area contributed by atoms with Gasteiger partial charge in [0.2, 0.25) is 5.91 Å². The average Bonchev–Trinajstić information content (AvgIpc) is 3.00. The van der Waals surface area contributed by atoms with Crippen LogP contribution in [0.3, 0.4) is 0 Å². The van der Waals surface area contributed by atoms with E-state index < -0.39 is 24.5 Å². The van der Waals surface area contributed by atoms with Gasteiger partial charge in [-0.25, -0.2) is 9.37 Å². The molecule has 1 heterocycles. The van der Waals surface area contributed by atoms with Gasteiger partial charge in [0.1, 0.15) is 28.9 Å². The highest BCUT2D eigenvalue weighted by Gasteiger charge is 2.29. The second-order valence-corrected chi connectivity index (χ2v) is 6.87. The van der Waals surface area contributed by atoms with Crippen molar-refractivity contribution in [1.82, 2.24) is 4.98 Å². The summed E-state index contributed by atoms with van der Waals surface area (Å²) in [6.07, 6.45) is -4.53. The van der Waals surface area contributed by atoms with E-state index in [-0.39, 0.29) is 23.8 Å². The Bertz CT molecular complexity index is 1000. The van der Waals surface area contributed by atoms with Crippen LogP contribution in [-0.4, -0.2) is 23.7 Å². The van der Waals surface area contributed by atoms with Gasteiger partial charge in [0, 0.05) is 19.1 Å². The lowest BCUT2D eigenvalue weighted by atomic mass is 10.2. The van der Waals surface area contributed by atoms with Crippen molar-refractivity contribution in [2.75, 3.05) is 11.9 Å². The fourth-order valence-electron chi connectivity index (χ4n) is 2.32. The summed E-state index contributed by atoms with van der Waals surface area (Å²) in [5.41, 5.74) is 0.596. The van der Waals surface area contributed by atoms with E-state index in [0.717, 1.165) is 4.70 Å². The van der Waals surface area contributed by atoms with Crippen molar-refractivity contribution < 1.29 is 31.8 Å². The number of nitrogens with zero attached hydrogens (tertiary/aromatic N) is 1. The molecule has 1 aromatic heterocycles. The number of alkyl halides is 3. The number of carbonyl (C=O) groups is 1. The molecule has 5 nitrogen and oxygen atoms in total. The molecule has 0 unspecified atom stereocenters. The molecular weight excluding hydrogens is 400 g/mol. The molecule has 0 saturated heterocycles. The van der Waals surface area contributed by atoms with Crippen LogP contribution in [-0.2, 0) is 11.4 Å². The van der Waals surface area contributed by atoms with Crippen LogP contribution >= 0.6 is 11.3 Å². The summed E-state index contributed by atoms with van der Waals surface area (Å²) in [7, 11) is 0. The summed E-state index contributed by atoms with van der Waals surface area (Å²) in [5, 5.41) is 2.97. The molecule has 0 saturated carbocycles. The summed E-state index contributed by atoms with van der Waals surface area (Å²) >= 11 is 1.31. The number of nitrogens with one attached hydrogen (secondary N) is 1. The molecule has 0 aliphatic carbocycles. The lowest BCUT2D eigenvalue weighted by molar-refractivity contribution is -0.153. The number of thiazole rings is 1. The summed E-state index contributed by atoms with van der Waals surface area (Å²) in [5.74, 6) is -0.786. The third-order valence-electron chi connectivity index (χ3n) is 3.41. The predicted octanol–water partition coefficient (Wildman–Crippen LogP) is 4.91. The van der Waals surface area contributed by atoms with Gasteiger partial charge in [-0.1, -0.05) is 0 Å². The molecule has 0 bridgehead atoms. The number of anilines is 1. The number of hydrogen-bond donors (Lipinski definition) is 1. The number of hydrogen-bond acceptors (Lipinski definition) is 5. The number of amides is 1. The molecule has 2 aromatic carbocycles. The van der Waals surface area contributed by atoms with Crippen LogP contribution in [0.2, 0.25) is 0 Å². The third-order valence-corrected chi connectivity index (χ3v) is 4.42. The van der Waals surface area contributed by atoms with Gasteiger partial charge >= 0.3 is 6.18 Å². The Hall–Kier alpha value is -2.88. The van der Waals surface area contributed by atoms with Crippen LogP contribution in [0.1, 0.15) is 11.9 Å². The molecule has 0 atom stereocenters. The second-order valence-electron chi connectivity index (χ2n) is 5.75. The Morgan fingerprint density at radius 3 is 2.68 bits per heavy atom. The van der Waals surface area contributed by atoms with Crippen LogP contribution in [0.5, 0.6) is 11.5 Å². The molecule has 1 amide bonds. The summed E-state index contributed by atoms with van der Waals surface area (Å²) in [6.45, 7) is -0.237. The zero-order valence-electron chi connectivity index (χ0n) is 14.5. The van der Waals surface area contributed by atoms with Gasteiger partial charge in [-0.2, -0.15) is 13.2 Å². The molecule has 28 heavy (non-hydrogen) atoms. The second kappa shape index (κ2) is 8.01. The van der Waals surface area contributed by atoms with E-state index in [1.807, 2.05) is 0 Å². The maximum atomic E-state index is 13.2. The molecule has 148 valence electrons. The number of benzene rings is 2. The van der Waals surface area contributed by atoms with Gasteiger partial charge < -0.3 is 14.8 Å². The van der Waals surface area contributed by atoms with E-state index in [0.29, 0.717) is 10.5 Å². The number of ether oxygens (including phenoxy) is 2. The first-order chi connectivity index (χ1) is 13.2. The molecule has 0 aliphatic rings. The van der Waals surface area contributed by atoms with Crippen molar-refractivity contribution in [1.29, 1.82) is 0 Å². The monoisotopic (exact) mass is 414 g/mol. The number of carbonyl (C=O) groups excluding carboxylic acids is 1. The van der Waals surface area contributed by atoms with Crippen molar-refractivity contribution in [2.24, 2.45) is 0 Å². The fourth-order valence-corrected chi connectivity index (χ4v) is 3.18. The normalized spacial score (nSPS) is 11.5. The fraction of sp³-hybridized carbons (Fsp3) is 0.222. The number of fused-ring (bicyclic) bond motifs is 1. The van der Waals surface area contributed by atoms with Crippen LogP contribution in [0.25, 0.3) is 10.2 Å². The molecule has 0 radical (unpaired) electrons. The molecule has 3 rings (SSSR count). The first kappa shape index (κ1) is 19.9. The minimum Gasteiger partial charge on any atom is -0.486 e. The van der Waals surface area contributed by atoms with Gasteiger partial charge in [0.15, 0.2) is 6.61 Å². The highest BCUT2D eigenvalue weighted by atomic mass is 32.1. The molecule has 1 N–H and O–H groups in total. The highest BCUT2D eigenvalue weighted by Crippen LogP contribution is 2.32. The van der Waals surface area contributed by atoms with E-state index in [1.165, 1.54) is 48.6 Å². The SMILES string of the molecule is CC(=O)Nc1ccc(OCc2nc3cc(F)ccc3s2)cc1OCC(F)(F)F. The van der Waals surface area contributed by atoms with Gasteiger partial charge in [-0.15, -0.1) is 11.3 Å². The van der Waals surface area contributed by atoms with Crippen molar-refractivity contribution in [3.63, 3.8) is 0 Å².